The van der Waals surface area contributed by atoms with Gasteiger partial charge in [0.05, 0.1) is 38.2 Å². The van der Waals surface area contributed by atoms with Crippen molar-refractivity contribution in [3.05, 3.63) is 59.9 Å². The topological polar surface area (TPSA) is 98.8 Å². The standard InChI is InChI=1S/C24H25N7O3/c1-16-3-2-4-17(11-16)19-5-6-30(27-19)21-13-23(29-7-9-33-10-8-29)31-22(26-21)12-20(28-31)24(32)25-18-14-34-15-18/h2-6,11-13,18H,7-10,14-15H2,1H3,(H,25,32). The Labute approximate surface area is 196 Å². The van der Waals surface area contributed by atoms with Gasteiger partial charge in [-0.15, -0.1) is 0 Å². The van der Waals surface area contributed by atoms with Gasteiger partial charge in [-0.25, -0.2) is 9.67 Å². The molecule has 2 aliphatic rings. The molecule has 6 rings (SSSR count). The Morgan fingerprint density at radius 2 is 1.91 bits per heavy atom. The van der Waals surface area contributed by atoms with Gasteiger partial charge in [0.15, 0.2) is 17.2 Å². The molecule has 0 aliphatic carbocycles. The molecule has 1 amide bonds. The second kappa shape index (κ2) is 8.54. The first-order valence-electron chi connectivity index (χ1n) is 11.4. The predicted octanol–water partition coefficient (Wildman–Crippen LogP) is 1.86. The molecule has 0 radical (unpaired) electrons. The summed E-state index contributed by atoms with van der Waals surface area (Å²) in [5.41, 5.74) is 4.01. The van der Waals surface area contributed by atoms with E-state index in [-0.39, 0.29) is 11.9 Å². The fourth-order valence-electron chi connectivity index (χ4n) is 4.18. The van der Waals surface area contributed by atoms with E-state index in [1.165, 1.54) is 5.56 Å². The number of amides is 1. The van der Waals surface area contributed by atoms with Crippen LogP contribution >= 0.6 is 0 Å². The van der Waals surface area contributed by atoms with Gasteiger partial charge in [-0.1, -0.05) is 23.8 Å². The Morgan fingerprint density at radius 1 is 1.06 bits per heavy atom. The summed E-state index contributed by atoms with van der Waals surface area (Å²) in [6, 6.07) is 13.9. The maximum absolute atomic E-state index is 12.7. The molecule has 1 N–H and O–H groups in total. The molecule has 1 aromatic carbocycles. The second-order valence-electron chi connectivity index (χ2n) is 8.59. The van der Waals surface area contributed by atoms with E-state index in [4.69, 9.17) is 19.6 Å². The van der Waals surface area contributed by atoms with Crippen LogP contribution < -0.4 is 10.2 Å². The van der Waals surface area contributed by atoms with Gasteiger partial charge in [0.2, 0.25) is 0 Å². The van der Waals surface area contributed by atoms with Crippen molar-refractivity contribution < 1.29 is 14.3 Å². The molecule has 10 nitrogen and oxygen atoms in total. The van der Waals surface area contributed by atoms with Crippen molar-refractivity contribution in [1.82, 2.24) is 29.7 Å². The van der Waals surface area contributed by atoms with Crippen LogP contribution in [0.2, 0.25) is 0 Å². The number of nitrogens with one attached hydrogen (secondary N) is 1. The largest absolute Gasteiger partial charge is 0.378 e. The number of carbonyl (C=O) groups is 1. The van der Waals surface area contributed by atoms with Crippen molar-refractivity contribution in [2.75, 3.05) is 44.4 Å². The van der Waals surface area contributed by atoms with E-state index >= 15 is 0 Å². The minimum atomic E-state index is -0.228. The summed E-state index contributed by atoms with van der Waals surface area (Å²) >= 11 is 0. The van der Waals surface area contributed by atoms with E-state index in [9.17, 15) is 4.79 Å². The number of aryl methyl sites for hydroxylation is 1. The number of carbonyl (C=O) groups excluding carboxylic acids is 1. The zero-order valence-electron chi connectivity index (χ0n) is 18.8. The number of rotatable bonds is 5. The van der Waals surface area contributed by atoms with Crippen LogP contribution in [0.3, 0.4) is 0 Å². The third-order valence-electron chi connectivity index (χ3n) is 6.07. The van der Waals surface area contributed by atoms with Crippen LogP contribution in [0.25, 0.3) is 22.7 Å². The van der Waals surface area contributed by atoms with Crippen molar-refractivity contribution in [3.8, 4) is 17.1 Å². The Morgan fingerprint density at radius 3 is 2.68 bits per heavy atom. The summed E-state index contributed by atoms with van der Waals surface area (Å²) in [6.45, 7) is 5.85. The highest BCUT2D eigenvalue weighted by molar-refractivity contribution is 5.93. The van der Waals surface area contributed by atoms with Crippen LogP contribution in [0.1, 0.15) is 16.1 Å². The minimum Gasteiger partial charge on any atom is -0.378 e. The first kappa shape index (κ1) is 20.8. The lowest BCUT2D eigenvalue weighted by atomic mass is 10.1. The van der Waals surface area contributed by atoms with E-state index in [0.717, 1.165) is 30.2 Å². The molecule has 34 heavy (non-hydrogen) atoms. The highest BCUT2D eigenvalue weighted by Gasteiger charge is 2.24. The molecule has 0 saturated carbocycles. The average Bonchev–Trinajstić information content (AvgIpc) is 3.49. The van der Waals surface area contributed by atoms with Gasteiger partial charge in [0.25, 0.3) is 5.91 Å². The Bertz CT molecular complexity index is 1350. The van der Waals surface area contributed by atoms with Crippen molar-refractivity contribution in [2.24, 2.45) is 0 Å². The quantitative estimate of drug-likeness (QED) is 0.486. The number of anilines is 1. The van der Waals surface area contributed by atoms with Crippen LogP contribution in [0, 0.1) is 6.92 Å². The molecule has 174 valence electrons. The lowest BCUT2D eigenvalue weighted by Gasteiger charge is -2.29. The molecule has 2 fully saturated rings. The number of benzene rings is 1. The van der Waals surface area contributed by atoms with Gasteiger partial charge >= 0.3 is 0 Å². The van der Waals surface area contributed by atoms with Crippen molar-refractivity contribution in [2.45, 2.75) is 13.0 Å². The summed E-state index contributed by atoms with van der Waals surface area (Å²) in [4.78, 5) is 19.7. The highest BCUT2D eigenvalue weighted by Crippen LogP contribution is 2.24. The number of ether oxygens (including phenoxy) is 2. The van der Waals surface area contributed by atoms with E-state index in [0.29, 0.717) is 43.6 Å². The maximum Gasteiger partial charge on any atom is 0.272 e. The summed E-state index contributed by atoms with van der Waals surface area (Å²) in [5.74, 6) is 1.28. The van der Waals surface area contributed by atoms with E-state index in [1.807, 2.05) is 30.5 Å². The molecule has 0 atom stereocenters. The average molecular weight is 460 g/mol. The molecule has 2 aliphatic heterocycles. The minimum absolute atomic E-state index is 0.0312. The number of hydrogen-bond acceptors (Lipinski definition) is 7. The monoisotopic (exact) mass is 459 g/mol. The number of hydrogen-bond donors (Lipinski definition) is 1. The molecule has 5 heterocycles. The molecule has 0 bridgehead atoms. The summed E-state index contributed by atoms with van der Waals surface area (Å²) < 4.78 is 14.2. The number of nitrogens with zero attached hydrogens (tertiary/aromatic N) is 6. The van der Waals surface area contributed by atoms with Crippen molar-refractivity contribution in [3.63, 3.8) is 0 Å². The number of morpholine rings is 1. The summed E-state index contributed by atoms with van der Waals surface area (Å²) in [6.07, 6.45) is 1.90. The summed E-state index contributed by atoms with van der Waals surface area (Å²) in [7, 11) is 0. The molecule has 0 spiro atoms. The smallest absolute Gasteiger partial charge is 0.272 e. The SMILES string of the molecule is Cc1cccc(-c2ccn(-c3cc(N4CCOCC4)n4nc(C(=O)NC5COC5)cc4n3)n2)c1. The Kier molecular flexibility index (Phi) is 5.23. The zero-order chi connectivity index (χ0) is 23.1. The third-order valence-corrected chi connectivity index (χ3v) is 6.07. The van der Waals surface area contributed by atoms with Crippen LogP contribution in [-0.4, -0.2) is 75.8 Å². The molecule has 0 unspecified atom stereocenters. The first-order valence-corrected chi connectivity index (χ1v) is 11.4. The molecule has 2 saturated heterocycles. The first-order chi connectivity index (χ1) is 16.6. The molecular formula is C24H25N7O3. The molecule has 10 heteroatoms. The zero-order valence-corrected chi connectivity index (χ0v) is 18.8. The van der Waals surface area contributed by atoms with E-state index in [1.54, 1.807) is 15.3 Å². The lowest BCUT2D eigenvalue weighted by Crippen LogP contribution is -2.48. The van der Waals surface area contributed by atoms with Crippen LogP contribution in [0.4, 0.5) is 5.82 Å². The van der Waals surface area contributed by atoms with Crippen LogP contribution in [0.15, 0.2) is 48.7 Å². The van der Waals surface area contributed by atoms with Crippen LogP contribution in [0.5, 0.6) is 0 Å². The highest BCUT2D eigenvalue weighted by atomic mass is 16.5. The fourth-order valence-corrected chi connectivity index (χ4v) is 4.18. The van der Waals surface area contributed by atoms with Crippen molar-refractivity contribution >= 4 is 17.4 Å². The second-order valence-corrected chi connectivity index (χ2v) is 8.59. The lowest BCUT2D eigenvalue weighted by molar-refractivity contribution is -0.00355. The normalized spacial score (nSPS) is 16.6. The molecule has 3 aromatic heterocycles. The van der Waals surface area contributed by atoms with Gasteiger partial charge in [-0.2, -0.15) is 14.7 Å². The van der Waals surface area contributed by atoms with Gasteiger partial charge in [0.1, 0.15) is 5.82 Å². The third kappa shape index (κ3) is 3.91. The van der Waals surface area contributed by atoms with Gasteiger partial charge in [-0.05, 0) is 19.1 Å². The number of aromatic nitrogens is 5. The van der Waals surface area contributed by atoms with Crippen LogP contribution in [-0.2, 0) is 9.47 Å². The van der Waals surface area contributed by atoms with Gasteiger partial charge < -0.3 is 19.7 Å². The van der Waals surface area contributed by atoms with Crippen molar-refractivity contribution in [1.29, 1.82) is 0 Å². The fraction of sp³-hybridized carbons (Fsp3) is 0.333. The van der Waals surface area contributed by atoms with E-state index in [2.05, 4.69) is 34.4 Å². The molecule has 4 aromatic rings. The Hall–Kier alpha value is -3.76. The molecular weight excluding hydrogens is 434 g/mol. The Balaban J connectivity index is 1.40. The number of fused-ring (bicyclic) bond motifs is 1. The summed E-state index contributed by atoms with van der Waals surface area (Å²) in [5, 5.41) is 12.3. The van der Waals surface area contributed by atoms with Gasteiger partial charge in [-0.3, -0.25) is 4.79 Å². The predicted molar refractivity (Wildman–Crippen MR) is 125 cm³/mol. The van der Waals surface area contributed by atoms with Gasteiger partial charge in [0, 0.05) is 37.0 Å². The van der Waals surface area contributed by atoms with E-state index < -0.39 is 0 Å². The maximum atomic E-state index is 12.7.